The van der Waals surface area contributed by atoms with Crippen LogP contribution in [0.15, 0.2) is 78.9 Å². The van der Waals surface area contributed by atoms with Crippen molar-refractivity contribution in [2.45, 2.75) is 25.8 Å². The van der Waals surface area contributed by atoms with Gasteiger partial charge in [0.05, 0.1) is 0 Å². The molecule has 3 aromatic carbocycles. The summed E-state index contributed by atoms with van der Waals surface area (Å²) in [7, 11) is 0. The first-order valence-electron chi connectivity index (χ1n) is 9.95. The number of esters is 1. The number of hydrogen-bond donors (Lipinski definition) is 0. The molecule has 5 heteroatoms. The van der Waals surface area contributed by atoms with E-state index >= 15 is 0 Å². The fraction of sp³-hybridized carbons (Fsp3) is 0.200. The van der Waals surface area contributed by atoms with Crippen molar-refractivity contribution in [3.63, 3.8) is 0 Å². The van der Waals surface area contributed by atoms with Gasteiger partial charge in [-0.05, 0) is 38.1 Å². The van der Waals surface area contributed by atoms with E-state index in [4.69, 9.17) is 9.47 Å². The molecule has 0 spiro atoms. The molecule has 30 heavy (non-hydrogen) atoms. The average molecular weight is 401 g/mol. The van der Waals surface area contributed by atoms with E-state index in [1.54, 1.807) is 4.90 Å². The zero-order valence-corrected chi connectivity index (χ0v) is 16.9. The molecule has 1 amide bonds. The number of nitrogens with zero attached hydrogens (tertiary/aromatic N) is 1. The van der Waals surface area contributed by atoms with Gasteiger partial charge in [0.25, 0.3) is 5.91 Å². The second kappa shape index (κ2) is 8.41. The Morgan fingerprint density at radius 3 is 1.97 bits per heavy atom. The van der Waals surface area contributed by atoms with Gasteiger partial charge in [-0.1, -0.05) is 54.6 Å². The van der Waals surface area contributed by atoms with Gasteiger partial charge in [-0.3, -0.25) is 9.59 Å². The van der Waals surface area contributed by atoms with Crippen LogP contribution in [0.5, 0.6) is 11.5 Å². The number of carbonyl (C=O) groups is 2. The van der Waals surface area contributed by atoms with Crippen LogP contribution >= 0.6 is 0 Å². The van der Waals surface area contributed by atoms with Gasteiger partial charge in [-0.15, -0.1) is 0 Å². The van der Waals surface area contributed by atoms with Crippen molar-refractivity contribution in [1.29, 1.82) is 0 Å². The van der Waals surface area contributed by atoms with Crippen molar-refractivity contribution in [2.75, 3.05) is 11.5 Å². The van der Waals surface area contributed by atoms with Crippen molar-refractivity contribution >= 4 is 17.6 Å². The maximum atomic E-state index is 13.1. The van der Waals surface area contributed by atoms with Gasteiger partial charge in [-0.2, -0.15) is 0 Å². The summed E-state index contributed by atoms with van der Waals surface area (Å²) in [5.41, 5.74) is 2.24. The Balaban J connectivity index is 1.55. The van der Waals surface area contributed by atoms with Crippen LogP contribution in [0.2, 0.25) is 0 Å². The fourth-order valence-corrected chi connectivity index (χ4v) is 3.77. The minimum absolute atomic E-state index is 0.0665. The summed E-state index contributed by atoms with van der Waals surface area (Å²) in [5.74, 6) is -0.125. The van der Waals surface area contributed by atoms with Crippen LogP contribution in [0.4, 0.5) is 5.69 Å². The second-order valence-electron chi connectivity index (χ2n) is 7.41. The van der Waals surface area contributed by atoms with Gasteiger partial charge in [0.2, 0.25) is 0 Å². The normalized spacial score (nSPS) is 12.5. The Morgan fingerprint density at radius 2 is 1.40 bits per heavy atom. The van der Waals surface area contributed by atoms with E-state index in [1.807, 2.05) is 92.7 Å². The maximum absolute atomic E-state index is 13.1. The predicted molar refractivity (Wildman–Crippen MR) is 115 cm³/mol. The number of para-hydroxylation sites is 3. The quantitative estimate of drug-likeness (QED) is 0.570. The zero-order chi connectivity index (χ0) is 21.1. The number of amides is 1. The van der Waals surface area contributed by atoms with Gasteiger partial charge in [0.1, 0.15) is 17.4 Å². The second-order valence-corrected chi connectivity index (χ2v) is 7.41. The van der Waals surface area contributed by atoms with E-state index in [2.05, 4.69) is 0 Å². The lowest BCUT2D eigenvalue weighted by atomic mass is 9.88. The largest absolute Gasteiger partial charge is 0.457 e. The number of benzene rings is 3. The molecule has 4 rings (SSSR count). The summed E-state index contributed by atoms with van der Waals surface area (Å²) in [6.45, 7) is 3.53. The standard InChI is InChI=1S/C25H23NO4/c1-17(2)26(18-10-4-3-5-11-18)23(27)16-29-25(28)24-19-12-6-8-14-21(19)30-22-15-9-7-13-20(22)24/h3-15,17,24H,16H2,1-2H3. The summed E-state index contributed by atoms with van der Waals surface area (Å²) in [6.07, 6.45) is 0. The van der Waals surface area contributed by atoms with Crippen molar-refractivity contribution in [1.82, 2.24) is 0 Å². The Labute approximate surface area is 175 Å². The van der Waals surface area contributed by atoms with Gasteiger partial charge in [-0.25, -0.2) is 0 Å². The lowest BCUT2D eigenvalue weighted by Gasteiger charge is -2.28. The highest BCUT2D eigenvalue weighted by Crippen LogP contribution is 2.44. The number of carbonyl (C=O) groups excluding carboxylic acids is 2. The van der Waals surface area contributed by atoms with Gasteiger partial charge >= 0.3 is 5.97 Å². The lowest BCUT2D eigenvalue weighted by molar-refractivity contribution is -0.148. The molecule has 1 aliphatic heterocycles. The summed E-state index contributed by atoms with van der Waals surface area (Å²) < 4.78 is 11.5. The number of fused-ring (bicyclic) bond motifs is 2. The first-order chi connectivity index (χ1) is 14.6. The molecule has 1 heterocycles. The van der Waals surface area contributed by atoms with Gasteiger partial charge in [0, 0.05) is 22.9 Å². The molecular formula is C25H23NO4. The van der Waals surface area contributed by atoms with Crippen LogP contribution in [-0.2, 0) is 14.3 Å². The molecule has 0 saturated heterocycles. The summed E-state index contributed by atoms with van der Waals surface area (Å²) >= 11 is 0. The number of rotatable bonds is 5. The van der Waals surface area contributed by atoms with Gasteiger partial charge < -0.3 is 14.4 Å². The number of hydrogen-bond acceptors (Lipinski definition) is 4. The molecule has 0 radical (unpaired) electrons. The summed E-state index contributed by atoms with van der Waals surface area (Å²) in [4.78, 5) is 27.6. The molecule has 0 aromatic heterocycles. The molecule has 0 atom stereocenters. The van der Waals surface area contributed by atoms with Crippen molar-refractivity contribution < 1.29 is 19.1 Å². The fourth-order valence-electron chi connectivity index (χ4n) is 3.77. The Hall–Kier alpha value is -3.60. The van der Waals surface area contributed by atoms with E-state index in [-0.39, 0.29) is 18.6 Å². The minimum Gasteiger partial charge on any atom is -0.457 e. The molecule has 0 aliphatic carbocycles. The van der Waals surface area contributed by atoms with Crippen LogP contribution < -0.4 is 9.64 Å². The van der Waals surface area contributed by atoms with Crippen LogP contribution in [-0.4, -0.2) is 24.5 Å². The third-order valence-electron chi connectivity index (χ3n) is 5.07. The number of anilines is 1. The highest BCUT2D eigenvalue weighted by molar-refractivity contribution is 5.96. The van der Waals surface area contributed by atoms with E-state index in [0.717, 1.165) is 16.8 Å². The number of ether oxygens (including phenoxy) is 2. The Kier molecular flexibility index (Phi) is 5.53. The predicted octanol–water partition coefficient (Wildman–Crippen LogP) is 4.91. The van der Waals surface area contributed by atoms with Crippen LogP contribution in [0.25, 0.3) is 0 Å². The summed E-state index contributed by atoms with van der Waals surface area (Å²) in [5, 5.41) is 0. The molecule has 1 aliphatic rings. The smallest absolute Gasteiger partial charge is 0.318 e. The molecular weight excluding hydrogens is 378 g/mol. The minimum atomic E-state index is -0.636. The van der Waals surface area contributed by atoms with Gasteiger partial charge in [0.15, 0.2) is 6.61 Å². The maximum Gasteiger partial charge on any atom is 0.318 e. The third-order valence-corrected chi connectivity index (χ3v) is 5.07. The topological polar surface area (TPSA) is 55.8 Å². The third kappa shape index (κ3) is 3.79. The van der Waals surface area contributed by atoms with E-state index in [9.17, 15) is 9.59 Å². The highest BCUT2D eigenvalue weighted by atomic mass is 16.5. The molecule has 0 N–H and O–H groups in total. The van der Waals surface area contributed by atoms with E-state index in [1.165, 1.54) is 0 Å². The highest BCUT2D eigenvalue weighted by Gasteiger charge is 2.34. The zero-order valence-electron chi connectivity index (χ0n) is 16.9. The first kappa shape index (κ1) is 19.7. The molecule has 0 saturated carbocycles. The van der Waals surface area contributed by atoms with Crippen molar-refractivity contribution in [3.8, 4) is 11.5 Å². The SMILES string of the molecule is CC(C)N(C(=O)COC(=O)C1c2ccccc2Oc2ccccc21)c1ccccc1. The van der Waals surface area contributed by atoms with Crippen molar-refractivity contribution in [2.24, 2.45) is 0 Å². The molecule has 3 aromatic rings. The Morgan fingerprint density at radius 1 is 0.867 bits per heavy atom. The van der Waals surface area contributed by atoms with Crippen LogP contribution in [0.3, 0.4) is 0 Å². The molecule has 152 valence electrons. The molecule has 0 unspecified atom stereocenters. The molecule has 0 fully saturated rings. The average Bonchev–Trinajstić information content (AvgIpc) is 2.76. The monoisotopic (exact) mass is 401 g/mol. The molecule has 5 nitrogen and oxygen atoms in total. The first-order valence-corrected chi connectivity index (χ1v) is 9.95. The van der Waals surface area contributed by atoms with Crippen molar-refractivity contribution in [3.05, 3.63) is 90.0 Å². The Bertz CT molecular complexity index is 1020. The van der Waals surface area contributed by atoms with E-state index in [0.29, 0.717) is 11.5 Å². The van der Waals surface area contributed by atoms with Crippen LogP contribution in [0.1, 0.15) is 30.9 Å². The molecule has 0 bridgehead atoms. The van der Waals surface area contributed by atoms with E-state index < -0.39 is 11.9 Å². The lowest BCUT2D eigenvalue weighted by Crippen LogP contribution is -2.40. The summed E-state index contributed by atoms with van der Waals surface area (Å²) in [6, 6.07) is 24.1. The van der Waals surface area contributed by atoms with Crippen LogP contribution in [0, 0.1) is 0 Å².